The van der Waals surface area contributed by atoms with Gasteiger partial charge in [0.15, 0.2) is 6.23 Å². The third kappa shape index (κ3) is 2.01. The Labute approximate surface area is 131 Å². The molecule has 0 radical (unpaired) electrons. The van der Waals surface area contributed by atoms with Crippen molar-refractivity contribution in [1.82, 2.24) is 14.5 Å². The molecule has 0 amide bonds. The summed E-state index contributed by atoms with van der Waals surface area (Å²) in [6, 6.07) is 0. The van der Waals surface area contributed by atoms with Crippen molar-refractivity contribution < 1.29 is 20.1 Å². The first kappa shape index (κ1) is 14.6. The van der Waals surface area contributed by atoms with Crippen LogP contribution in [-0.2, 0) is 4.74 Å². The van der Waals surface area contributed by atoms with E-state index in [1.807, 2.05) is 0 Å². The highest BCUT2D eigenvalue weighted by Crippen LogP contribution is 2.42. The van der Waals surface area contributed by atoms with E-state index in [-0.39, 0.29) is 6.61 Å². The monoisotopic (exact) mass is 321 g/mol. The molecule has 2 aromatic rings. The molecule has 0 bridgehead atoms. The summed E-state index contributed by atoms with van der Waals surface area (Å²) in [6.45, 7) is 2.58. The van der Waals surface area contributed by atoms with Gasteiger partial charge in [-0.25, -0.2) is 9.97 Å². The number of aliphatic hydroxyl groups excluding tert-OH is 2. The maximum Gasteiger partial charge on any atom is 0.167 e. The largest absolute Gasteiger partial charge is 0.394 e. The Morgan fingerprint density at radius 3 is 2.91 bits per heavy atom. The van der Waals surface area contributed by atoms with Crippen LogP contribution >= 0.6 is 0 Å². The molecule has 23 heavy (non-hydrogen) atoms. The van der Waals surface area contributed by atoms with Crippen molar-refractivity contribution in [2.75, 3.05) is 30.3 Å². The van der Waals surface area contributed by atoms with E-state index in [2.05, 4.69) is 20.6 Å². The number of hydrogen-bond acceptors (Lipinski definition) is 8. The van der Waals surface area contributed by atoms with E-state index >= 15 is 0 Å². The molecule has 1 saturated heterocycles. The second-order valence-corrected chi connectivity index (χ2v) is 6.10. The summed E-state index contributed by atoms with van der Waals surface area (Å²) in [5.74, 6) is 0.714. The van der Waals surface area contributed by atoms with E-state index in [1.54, 1.807) is 10.8 Å². The fourth-order valence-electron chi connectivity index (χ4n) is 3.30. The van der Waals surface area contributed by atoms with E-state index in [9.17, 15) is 15.3 Å². The molecule has 2 aliphatic rings. The first-order valence-corrected chi connectivity index (χ1v) is 7.54. The van der Waals surface area contributed by atoms with Crippen molar-refractivity contribution in [1.29, 1.82) is 0 Å². The smallest absolute Gasteiger partial charge is 0.167 e. The lowest BCUT2D eigenvalue weighted by molar-refractivity contribution is -0.0947. The third-order valence-corrected chi connectivity index (χ3v) is 4.53. The topological polar surface area (TPSA) is 125 Å². The van der Waals surface area contributed by atoms with Gasteiger partial charge in [0.25, 0.3) is 0 Å². The highest BCUT2D eigenvalue weighted by Gasteiger charge is 2.53. The molecule has 0 aromatic carbocycles. The van der Waals surface area contributed by atoms with Crippen LogP contribution in [0, 0.1) is 0 Å². The molecule has 9 nitrogen and oxygen atoms in total. The summed E-state index contributed by atoms with van der Waals surface area (Å²) < 4.78 is 7.36. The minimum absolute atomic E-state index is 0.375. The van der Waals surface area contributed by atoms with Crippen LogP contribution in [0.4, 0.5) is 11.5 Å². The third-order valence-electron chi connectivity index (χ3n) is 4.53. The number of nitrogens with zero attached hydrogens (tertiary/aromatic N) is 3. The predicted molar refractivity (Wildman–Crippen MR) is 82.1 cm³/mol. The lowest BCUT2D eigenvalue weighted by Gasteiger charge is -2.27. The summed E-state index contributed by atoms with van der Waals surface area (Å²) in [5, 5.41) is 37.5. The maximum atomic E-state index is 10.7. The molecule has 4 heterocycles. The predicted octanol–water partition coefficient (Wildman–Crippen LogP) is -0.730. The number of rotatable bonds is 2. The summed E-state index contributed by atoms with van der Waals surface area (Å²) >= 11 is 0. The molecule has 124 valence electrons. The van der Waals surface area contributed by atoms with Crippen molar-refractivity contribution >= 4 is 22.5 Å². The zero-order chi connectivity index (χ0) is 16.2. The number of nitrogens with one attached hydrogen (secondary N) is 2. The summed E-state index contributed by atoms with van der Waals surface area (Å²) in [7, 11) is 0. The average molecular weight is 321 g/mol. The van der Waals surface area contributed by atoms with Gasteiger partial charge in [-0.3, -0.25) is 0 Å². The Balaban J connectivity index is 1.87. The molecule has 1 unspecified atom stereocenters. The molecule has 5 N–H and O–H groups in total. The normalized spacial score (nSPS) is 33.3. The minimum Gasteiger partial charge on any atom is -0.394 e. The van der Waals surface area contributed by atoms with Crippen LogP contribution in [0.3, 0.4) is 0 Å². The van der Waals surface area contributed by atoms with E-state index in [0.29, 0.717) is 11.5 Å². The Hall–Kier alpha value is -1.94. The van der Waals surface area contributed by atoms with E-state index in [0.717, 1.165) is 24.2 Å². The van der Waals surface area contributed by atoms with Crippen molar-refractivity contribution in [2.45, 2.75) is 31.0 Å². The Morgan fingerprint density at radius 2 is 2.17 bits per heavy atom. The molecule has 0 aliphatic carbocycles. The molecule has 2 aliphatic heterocycles. The van der Waals surface area contributed by atoms with Crippen LogP contribution in [-0.4, -0.2) is 67.4 Å². The fraction of sp³-hybridized carbons (Fsp3) is 0.571. The van der Waals surface area contributed by atoms with Gasteiger partial charge in [0.2, 0.25) is 0 Å². The number of anilines is 2. The number of aromatic nitrogens is 3. The second-order valence-electron chi connectivity index (χ2n) is 6.10. The van der Waals surface area contributed by atoms with E-state index < -0.39 is 24.0 Å². The van der Waals surface area contributed by atoms with Gasteiger partial charge >= 0.3 is 0 Å². The van der Waals surface area contributed by atoms with Crippen molar-refractivity contribution in [3.8, 4) is 0 Å². The maximum absolute atomic E-state index is 10.7. The van der Waals surface area contributed by atoms with Gasteiger partial charge < -0.3 is 35.3 Å². The first-order chi connectivity index (χ1) is 11.0. The molecule has 4 rings (SSSR count). The Bertz CT molecular complexity index is 746. The van der Waals surface area contributed by atoms with Gasteiger partial charge in [-0.1, -0.05) is 0 Å². The van der Waals surface area contributed by atoms with Gasteiger partial charge in [0.1, 0.15) is 35.6 Å². The quantitative estimate of drug-likeness (QED) is 0.490. The molecule has 4 atom stereocenters. The zero-order valence-electron chi connectivity index (χ0n) is 12.6. The molecule has 2 aromatic heterocycles. The van der Waals surface area contributed by atoms with Gasteiger partial charge in [0.05, 0.1) is 17.7 Å². The molecule has 9 heteroatoms. The average Bonchev–Trinajstić information content (AvgIpc) is 2.90. The highest BCUT2D eigenvalue weighted by atomic mass is 16.6. The second kappa shape index (κ2) is 5.03. The lowest BCUT2D eigenvalue weighted by atomic mass is 9.96. The van der Waals surface area contributed by atoms with Crippen LogP contribution in [0.25, 0.3) is 11.0 Å². The molecule has 1 fully saturated rings. The fourth-order valence-corrected chi connectivity index (χ4v) is 3.30. The molecular weight excluding hydrogens is 302 g/mol. The molecule has 0 spiro atoms. The van der Waals surface area contributed by atoms with Crippen molar-refractivity contribution in [3.05, 3.63) is 12.5 Å². The lowest BCUT2D eigenvalue weighted by Crippen LogP contribution is -2.44. The number of hydrogen-bond donors (Lipinski definition) is 5. The van der Waals surface area contributed by atoms with Gasteiger partial charge in [-0.2, -0.15) is 0 Å². The standard InChI is InChI=1S/C14H19N5O4/c1-14(22)10(21)8(5-20)23-13(14)19-4-7-9-11(16-3-2-15-7)17-6-18-12(9)19/h4,6,8,10,13,15,20-22H,2-3,5H2,1H3,(H,16,17,18)/t8-,10-,13-,14?/m1/s1. The SMILES string of the molecule is CC1(O)[C@H](O)[C@@H](CO)O[C@H]1n1cc2c3c(ncnc31)NCCN2. The summed E-state index contributed by atoms with van der Waals surface area (Å²) in [5.41, 5.74) is -0.135. The Morgan fingerprint density at radius 1 is 1.39 bits per heavy atom. The number of ether oxygens (including phenoxy) is 1. The molecule has 0 saturated carbocycles. The van der Waals surface area contributed by atoms with E-state index in [4.69, 9.17) is 4.74 Å². The molecular formula is C14H19N5O4. The van der Waals surface area contributed by atoms with Crippen LogP contribution in [0.15, 0.2) is 12.5 Å². The first-order valence-electron chi connectivity index (χ1n) is 7.54. The van der Waals surface area contributed by atoms with Gasteiger partial charge in [0, 0.05) is 19.3 Å². The Kier molecular flexibility index (Phi) is 3.20. The van der Waals surface area contributed by atoms with Crippen LogP contribution in [0.1, 0.15) is 13.2 Å². The highest BCUT2D eigenvalue weighted by molar-refractivity contribution is 5.99. The number of aliphatic hydroxyl groups is 3. The summed E-state index contributed by atoms with van der Waals surface area (Å²) in [6.07, 6.45) is 0.325. The zero-order valence-corrected chi connectivity index (χ0v) is 12.6. The van der Waals surface area contributed by atoms with Gasteiger partial charge in [-0.15, -0.1) is 0 Å². The van der Waals surface area contributed by atoms with Crippen molar-refractivity contribution in [2.24, 2.45) is 0 Å². The van der Waals surface area contributed by atoms with Crippen LogP contribution in [0.5, 0.6) is 0 Å². The van der Waals surface area contributed by atoms with Gasteiger partial charge in [-0.05, 0) is 6.92 Å². The summed E-state index contributed by atoms with van der Waals surface area (Å²) in [4.78, 5) is 8.56. The van der Waals surface area contributed by atoms with Crippen LogP contribution in [0.2, 0.25) is 0 Å². The minimum atomic E-state index is -1.56. The van der Waals surface area contributed by atoms with Crippen molar-refractivity contribution in [3.63, 3.8) is 0 Å². The van der Waals surface area contributed by atoms with Crippen LogP contribution < -0.4 is 10.6 Å². The van der Waals surface area contributed by atoms with E-state index in [1.165, 1.54) is 13.3 Å².